The summed E-state index contributed by atoms with van der Waals surface area (Å²) >= 11 is 0.844. The Morgan fingerprint density at radius 1 is 1.17 bits per heavy atom. The lowest BCUT2D eigenvalue weighted by Gasteiger charge is -2.19. The molecule has 1 aliphatic heterocycles. The molecule has 152 valence electrons. The number of hydrogen-bond acceptors (Lipinski definition) is 5. The highest BCUT2D eigenvalue weighted by Crippen LogP contribution is 2.35. The summed E-state index contributed by atoms with van der Waals surface area (Å²) in [4.78, 5) is 38.4. The fourth-order valence-electron chi connectivity index (χ4n) is 3.35. The summed E-state index contributed by atoms with van der Waals surface area (Å²) in [6.45, 7) is 9.39. The van der Waals surface area contributed by atoms with Gasteiger partial charge >= 0.3 is 5.97 Å². The smallest absolute Gasteiger partial charge is 0.329 e. The van der Waals surface area contributed by atoms with E-state index in [1.165, 1.54) is 12.5 Å². The van der Waals surface area contributed by atoms with Gasteiger partial charge in [0.1, 0.15) is 6.04 Å². The molecule has 1 atom stereocenters. The van der Waals surface area contributed by atoms with E-state index < -0.39 is 23.2 Å². The average Bonchev–Trinajstić information content (AvgIpc) is 3.11. The molecule has 1 aromatic heterocycles. The zero-order valence-electron chi connectivity index (χ0n) is 17.2. The highest BCUT2D eigenvalue weighted by molar-refractivity contribution is 8.18. The molecule has 2 heterocycles. The number of ether oxygens (including phenoxy) is 1. The van der Waals surface area contributed by atoms with Crippen molar-refractivity contribution in [2.24, 2.45) is 0 Å². The van der Waals surface area contributed by atoms with Crippen LogP contribution < -0.4 is 0 Å². The highest BCUT2D eigenvalue weighted by Gasteiger charge is 2.41. The fraction of sp³-hybridized carbons (Fsp3) is 0.318. The number of imide groups is 1. The van der Waals surface area contributed by atoms with E-state index in [-0.39, 0.29) is 6.61 Å². The van der Waals surface area contributed by atoms with E-state index in [9.17, 15) is 14.4 Å². The first-order chi connectivity index (χ1) is 13.7. The van der Waals surface area contributed by atoms with E-state index in [1.54, 1.807) is 13.0 Å². The van der Waals surface area contributed by atoms with Crippen molar-refractivity contribution in [2.45, 2.75) is 40.7 Å². The molecule has 0 N–H and O–H groups in total. The molecule has 7 heteroatoms. The predicted molar refractivity (Wildman–Crippen MR) is 114 cm³/mol. The van der Waals surface area contributed by atoms with Crippen LogP contribution in [0.3, 0.4) is 0 Å². The lowest BCUT2D eigenvalue weighted by atomic mass is 10.2. The van der Waals surface area contributed by atoms with Crippen molar-refractivity contribution >= 4 is 35.0 Å². The van der Waals surface area contributed by atoms with Gasteiger partial charge in [-0.25, -0.2) is 4.79 Å². The Hall–Kier alpha value is -2.80. The minimum Gasteiger partial charge on any atom is -0.464 e. The van der Waals surface area contributed by atoms with Crippen LogP contribution in [0.25, 0.3) is 11.8 Å². The molecule has 0 spiro atoms. The van der Waals surface area contributed by atoms with Gasteiger partial charge in [0.25, 0.3) is 11.1 Å². The average molecular weight is 413 g/mol. The molecule has 0 unspecified atom stereocenters. The molecule has 1 aromatic carbocycles. The van der Waals surface area contributed by atoms with Gasteiger partial charge in [0.2, 0.25) is 0 Å². The largest absolute Gasteiger partial charge is 0.464 e. The number of esters is 1. The lowest BCUT2D eigenvalue weighted by molar-refractivity contribution is -0.150. The van der Waals surface area contributed by atoms with Crippen molar-refractivity contribution in [1.29, 1.82) is 0 Å². The summed E-state index contributed by atoms with van der Waals surface area (Å²) in [7, 11) is 0. The van der Waals surface area contributed by atoms with Crippen molar-refractivity contribution in [3.05, 3.63) is 57.8 Å². The first kappa shape index (κ1) is 20.9. The SMILES string of the molecule is CCOC(=O)[C@H](C)N1C(=O)S/C(=C\c2cc(C)n(-c3ccc(C)cc3)c2C)C1=O. The predicted octanol–water partition coefficient (Wildman–Crippen LogP) is 4.39. The molecule has 3 rings (SSSR count). The fourth-order valence-corrected chi connectivity index (χ4v) is 4.25. The Kier molecular flexibility index (Phi) is 5.98. The molecule has 0 aliphatic carbocycles. The number of hydrogen-bond donors (Lipinski definition) is 0. The van der Waals surface area contributed by atoms with Crippen LogP contribution in [0.1, 0.15) is 36.4 Å². The van der Waals surface area contributed by atoms with Crippen molar-refractivity contribution < 1.29 is 19.1 Å². The third kappa shape index (κ3) is 4.00. The van der Waals surface area contributed by atoms with E-state index in [0.29, 0.717) is 4.91 Å². The molecule has 0 saturated carbocycles. The standard InChI is InChI=1S/C22H24N2O4S/c1-6-28-21(26)16(5)24-20(25)19(29-22(24)27)12-17-11-14(3)23(15(17)4)18-9-7-13(2)8-10-18/h7-12,16H,6H2,1-5H3/b19-12-/t16-/m0/s1. The summed E-state index contributed by atoms with van der Waals surface area (Å²) in [6, 6.07) is 9.24. The number of amides is 2. The van der Waals surface area contributed by atoms with E-state index in [0.717, 1.165) is 39.3 Å². The Balaban J connectivity index is 1.92. The molecule has 29 heavy (non-hydrogen) atoms. The maximum absolute atomic E-state index is 12.8. The third-order valence-corrected chi connectivity index (χ3v) is 5.77. The number of aromatic nitrogens is 1. The molecular formula is C22H24N2O4S. The summed E-state index contributed by atoms with van der Waals surface area (Å²) in [6.07, 6.45) is 1.72. The first-order valence-electron chi connectivity index (χ1n) is 9.44. The molecule has 1 saturated heterocycles. The molecule has 0 bridgehead atoms. The monoisotopic (exact) mass is 412 g/mol. The Morgan fingerprint density at radius 2 is 1.83 bits per heavy atom. The summed E-state index contributed by atoms with van der Waals surface area (Å²) in [5.74, 6) is -1.06. The van der Waals surface area contributed by atoms with Crippen molar-refractivity contribution in [2.75, 3.05) is 6.61 Å². The second-order valence-corrected chi connectivity index (χ2v) is 7.97. The zero-order valence-corrected chi connectivity index (χ0v) is 18.0. The van der Waals surface area contributed by atoms with Gasteiger partial charge in [-0.1, -0.05) is 17.7 Å². The van der Waals surface area contributed by atoms with Crippen LogP contribution in [0.4, 0.5) is 4.79 Å². The minimum absolute atomic E-state index is 0.195. The van der Waals surface area contributed by atoms with Crippen LogP contribution in [0.2, 0.25) is 0 Å². The van der Waals surface area contributed by atoms with Gasteiger partial charge in [-0.3, -0.25) is 14.5 Å². The lowest BCUT2D eigenvalue weighted by Crippen LogP contribution is -2.42. The molecule has 0 radical (unpaired) electrons. The summed E-state index contributed by atoms with van der Waals surface area (Å²) in [5, 5.41) is -0.464. The van der Waals surface area contributed by atoms with Crippen molar-refractivity contribution in [3.8, 4) is 5.69 Å². The van der Waals surface area contributed by atoms with Gasteiger partial charge in [0.05, 0.1) is 11.5 Å². The van der Waals surface area contributed by atoms with Gasteiger partial charge in [-0.15, -0.1) is 0 Å². The number of benzene rings is 1. The molecule has 1 fully saturated rings. The normalized spacial score (nSPS) is 16.6. The van der Waals surface area contributed by atoms with Crippen LogP contribution in [-0.4, -0.2) is 39.2 Å². The molecular weight excluding hydrogens is 388 g/mol. The number of carbonyl (C=O) groups is 3. The Bertz CT molecular complexity index is 1000. The summed E-state index contributed by atoms with van der Waals surface area (Å²) in [5.41, 5.74) is 5.07. The Morgan fingerprint density at radius 3 is 2.45 bits per heavy atom. The van der Waals surface area contributed by atoms with Crippen LogP contribution in [0.15, 0.2) is 35.2 Å². The van der Waals surface area contributed by atoms with E-state index in [2.05, 4.69) is 16.7 Å². The quantitative estimate of drug-likeness (QED) is 0.538. The number of nitrogens with zero attached hydrogens (tertiary/aromatic N) is 2. The Labute approximate surface area is 174 Å². The third-order valence-electron chi connectivity index (χ3n) is 4.89. The first-order valence-corrected chi connectivity index (χ1v) is 10.3. The molecule has 2 aromatic rings. The topological polar surface area (TPSA) is 68.6 Å². The van der Waals surface area contributed by atoms with Gasteiger partial charge in [0.15, 0.2) is 0 Å². The zero-order chi connectivity index (χ0) is 21.3. The van der Waals surface area contributed by atoms with E-state index >= 15 is 0 Å². The second-order valence-electron chi connectivity index (χ2n) is 6.98. The number of carbonyl (C=O) groups excluding carboxylic acids is 3. The van der Waals surface area contributed by atoms with Gasteiger partial charge in [0, 0.05) is 17.1 Å². The maximum Gasteiger partial charge on any atom is 0.329 e. The molecule has 1 aliphatic rings. The van der Waals surface area contributed by atoms with Gasteiger partial charge < -0.3 is 9.30 Å². The summed E-state index contributed by atoms with van der Waals surface area (Å²) < 4.78 is 7.05. The maximum atomic E-state index is 12.8. The van der Waals surface area contributed by atoms with Gasteiger partial charge in [-0.05, 0) is 76.2 Å². The van der Waals surface area contributed by atoms with E-state index in [4.69, 9.17) is 4.74 Å². The van der Waals surface area contributed by atoms with Crippen molar-refractivity contribution in [3.63, 3.8) is 0 Å². The van der Waals surface area contributed by atoms with Crippen LogP contribution >= 0.6 is 11.8 Å². The second kappa shape index (κ2) is 8.29. The molecule has 6 nitrogen and oxygen atoms in total. The van der Waals surface area contributed by atoms with Gasteiger partial charge in [-0.2, -0.15) is 0 Å². The molecule has 2 amide bonds. The highest BCUT2D eigenvalue weighted by atomic mass is 32.2. The number of rotatable bonds is 5. The van der Waals surface area contributed by atoms with Crippen LogP contribution in [0, 0.1) is 20.8 Å². The van der Waals surface area contributed by atoms with Crippen LogP contribution in [0.5, 0.6) is 0 Å². The number of aryl methyl sites for hydroxylation is 2. The number of thioether (sulfide) groups is 1. The van der Waals surface area contributed by atoms with Crippen LogP contribution in [-0.2, 0) is 14.3 Å². The van der Waals surface area contributed by atoms with Crippen molar-refractivity contribution in [1.82, 2.24) is 9.47 Å². The van der Waals surface area contributed by atoms with E-state index in [1.807, 2.05) is 39.0 Å². The minimum atomic E-state index is -0.951.